The number of allylic oxidation sites excluding steroid dienone is 1. The van der Waals surface area contributed by atoms with Crippen LogP contribution in [0.25, 0.3) is 0 Å². The summed E-state index contributed by atoms with van der Waals surface area (Å²) in [5, 5.41) is 22.9. The van der Waals surface area contributed by atoms with Crippen LogP contribution in [0.5, 0.6) is 0 Å². The molecule has 0 radical (unpaired) electrons. The minimum Gasteiger partial charge on any atom is -0.393 e. The average molecular weight is 443 g/mol. The van der Waals surface area contributed by atoms with Crippen LogP contribution in [0.3, 0.4) is 0 Å². The molecule has 2 nitrogen and oxygen atoms in total. The molecule has 5 rings (SSSR count). The summed E-state index contributed by atoms with van der Waals surface area (Å²) in [6, 6.07) is 0. The fourth-order valence-electron chi connectivity index (χ4n) is 11.4. The van der Waals surface area contributed by atoms with E-state index in [-0.39, 0.29) is 33.9 Å². The molecular weight excluding hydrogens is 392 g/mol. The standard InChI is InChI=1S/C30H50O2/c1-18-9-12-27(5)15-16-29(7)20(24(27)19(18)2)17-21(31)25-28(6)13-11-23(32)26(3,4)22(28)10-14-30(25,29)8/h19-25,31-32H,1,9-17H2,2-8H3/t19-,20-,21+,22+,23+,24-,25-,27-,28+,29-,30-/m1/s1. The van der Waals surface area contributed by atoms with Crippen LogP contribution in [-0.2, 0) is 0 Å². The van der Waals surface area contributed by atoms with Crippen molar-refractivity contribution in [2.45, 2.75) is 118 Å². The Kier molecular flexibility index (Phi) is 5.02. The van der Waals surface area contributed by atoms with Gasteiger partial charge in [-0.15, -0.1) is 0 Å². The van der Waals surface area contributed by atoms with Crippen LogP contribution in [0.2, 0.25) is 0 Å². The average Bonchev–Trinajstić information content (AvgIpc) is 2.70. The van der Waals surface area contributed by atoms with Crippen molar-refractivity contribution in [1.29, 1.82) is 0 Å². The molecule has 11 atom stereocenters. The van der Waals surface area contributed by atoms with Gasteiger partial charge in [-0.1, -0.05) is 60.6 Å². The van der Waals surface area contributed by atoms with Crippen LogP contribution in [0.4, 0.5) is 0 Å². The van der Waals surface area contributed by atoms with Gasteiger partial charge in [0.25, 0.3) is 0 Å². The maximum atomic E-state index is 12.0. The van der Waals surface area contributed by atoms with Gasteiger partial charge in [-0.2, -0.15) is 0 Å². The third-order valence-corrected chi connectivity index (χ3v) is 13.5. The summed E-state index contributed by atoms with van der Waals surface area (Å²) < 4.78 is 0. The van der Waals surface area contributed by atoms with Crippen molar-refractivity contribution in [2.24, 2.45) is 56.7 Å². The molecule has 0 saturated heterocycles. The first-order chi connectivity index (χ1) is 14.7. The van der Waals surface area contributed by atoms with Gasteiger partial charge in [-0.05, 0) is 114 Å². The molecule has 5 saturated carbocycles. The zero-order valence-corrected chi connectivity index (χ0v) is 22.0. The van der Waals surface area contributed by atoms with Gasteiger partial charge in [0, 0.05) is 0 Å². The normalized spacial score (nSPS) is 59.4. The number of hydrogen-bond acceptors (Lipinski definition) is 2. The quantitative estimate of drug-likeness (QED) is 0.397. The summed E-state index contributed by atoms with van der Waals surface area (Å²) in [6.45, 7) is 21.8. The SMILES string of the molecule is C=C1CC[C@]2(C)CC[C@]3(C)[C@H](C[C@H](O)[C@@H]4[C@@]5(C)CC[C@H](O)C(C)(C)[C@@H]5CC[C@]43C)[C@H]2[C@@H]1C. The Morgan fingerprint density at radius 3 is 2.22 bits per heavy atom. The fourth-order valence-corrected chi connectivity index (χ4v) is 11.4. The van der Waals surface area contributed by atoms with Crippen molar-refractivity contribution >= 4 is 0 Å². The van der Waals surface area contributed by atoms with Crippen LogP contribution < -0.4 is 0 Å². The molecule has 5 fully saturated rings. The lowest BCUT2D eigenvalue weighted by molar-refractivity contribution is -0.280. The number of fused-ring (bicyclic) bond motifs is 7. The molecule has 0 heterocycles. The van der Waals surface area contributed by atoms with Crippen molar-refractivity contribution in [1.82, 2.24) is 0 Å². The molecule has 182 valence electrons. The molecule has 0 spiro atoms. The Balaban J connectivity index is 1.59. The van der Waals surface area contributed by atoms with E-state index in [0.717, 1.165) is 19.3 Å². The van der Waals surface area contributed by atoms with E-state index in [1.54, 1.807) is 0 Å². The van der Waals surface area contributed by atoms with E-state index in [2.05, 4.69) is 55.0 Å². The van der Waals surface area contributed by atoms with Gasteiger partial charge in [0.05, 0.1) is 12.2 Å². The fraction of sp³-hybridized carbons (Fsp3) is 0.933. The van der Waals surface area contributed by atoms with E-state index < -0.39 is 0 Å². The Hall–Kier alpha value is -0.340. The second kappa shape index (κ2) is 6.87. The molecule has 0 aromatic heterocycles. The molecule has 5 aliphatic rings. The summed E-state index contributed by atoms with van der Waals surface area (Å²) in [5.41, 5.74) is 2.36. The first-order valence-electron chi connectivity index (χ1n) is 13.8. The molecule has 2 N–H and O–H groups in total. The lowest BCUT2D eigenvalue weighted by Gasteiger charge is -2.74. The van der Waals surface area contributed by atoms with Crippen molar-refractivity contribution < 1.29 is 10.2 Å². The largest absolute Gasteiger partial charge is 0.393 e. The topological polar surface area (TPSA) is 40.5 Å². The Morgan fingerprint density at radius 2 is 1.53 bits per heavy atom. The van der Waals surface area contributed by atoms with Crippen molar-refractivity contribution in [3.05, 3.63) is 12.2 Å². The summed E-state index contributed by atoms with van der Waals surface area (Å²) in [6.07, 6.45) is 10.0. The number of rotatable bonds is 0. The number of aliphatic hydroxyl groups is 2. The molecule has 0 aromatic rings. The summed E-state index contributed by atoms with van der Waals surface area (Å²) in [5.74, 6) is 2.65. The molecule has 0 bridgehead atoms. The highest BCUT2D eigenvalue weighted by Gasteiger charge is 2.71. The summed E-state index contributed by atoms with van der Waals surface area (Å²) in [4.78, 5) is 0. The second-order valence-electron chi connectivity index (χ2n) is 14.8. The van der Waals surface area contributed by atoms with Crippen LogP contribution in [0, 0.1) is 56.7 Å². The minimum atomic E-state index is -0.221. The van der Waals surface area contributed by atoms with Gasteiger partial charge in [-0.3, -0.25) is 0 Å². The van der Waals surface area contributed by atoms with Crippen LogP contribution in [-0.4, -0.2) is 22.4 Å². The third-order valence-electron chi connectivity index (χ3n) is 13.5. The second-order valence-corrected chi connectivity index (χ2v) is 14.8. The predicted molar refractivity (Wildman–Crippen MR) is 132 cm³/mol. The van der Waals surface area contributed by atoms with E-state index in [1.807, 2.05) is 0 Å². The van der Waals surface area contributed by atoms with E-state index in [4.69, 9.17) is 0 Å². The van der Waals surface area contributed by atoms with Gasteiger partial charge in [-0.25, -0.2) is 0 Å². The zero-order valence-electron chi connectivity index (χ0n) is 22.0. The van der Waals surface area contributed by atoms with Gasteiger partial charge >= 0.3 is 0 Å². The molecule has 2 heteroatoms. The molecule has 0 unspecified atom stereocenters. The van der Waals surface area contributed by atoms with Crippen molar-refractivity contribution in [3.63, 3.8) is 0 Å². The van der Waals surface area contributed by atoms with Gasteiger partial charge < -0.3 is 10.2 Å². The van der Waals surface area contributed by atoms with Gasteiger partial charge in [0.15, 0.2) is 0 Å². The highest BCUT2D eigenvalue weighted by Crippen LogP contribution is 2.76. The predicted octanol–water partition coefficient (Wildman–Crippen LogP) is 7.00. The number of hydrogen-bond donors (Lipinski definition) is 2. The Bertz CT molecular complexity index is 801. The van der Waals surface area contributed by atoms with E-state index in [9.17, 15) is 10.2 Å². The van der Waals surface area contributed by atoms with E-state index in [0.29, 0.717) is 35.0 Å². The molecule has 0 aromatic carbocycles. The molecule has 0 aliphatic heterocycles. The first-order valence-corrected chi connectivity index (χ1v) is 13.8. The van der Waals surface area contributed by atoms with E-state index >= 15 is 0 Å². The number of aliphatic hydroxyl groups excluding tert-OH is 2. The Labute approximate surface area is 197 Å². The Morgan fingerprint density at radius 1 is 0.844 bits per heavy atom. The van der Waals surface area contributed by atoms with Gasteiger partial charge in [0.1, 0.15) is 0 Å². The maximum Gasteiger partial charge on any atom is 0.0594 e. The smallest absolute Gasteiger partial charge is 0.0594 e. The van der Waals surface area contributed by atoms with Gasteiger partial charge in [0.2, 0.25) is 0 Å². The van der Waals surface area contributed by atoms with Crippen molar-refractivity contribution in [2.75, 3.05) is 0 Å². The van der Waals surface area contributed by atoms with Crippen LogP contribution in [0.1, 0.15) is 106 Å². The lowest BCUT2D eigenvalue weighted by Crippen LogP contribution is -2.70. The first kappa shape index (κ1) is 23.4. The molecular formula is C30H50O2. The highest BCUT2D eigenvalue weighted by atomic mass is 16.3. The van der Waals surface area contributed by atoms with E-state index in [1.165, 1.54) is 44.1 Å². The van der Waals surface area contributed by atoms with Crippen LogP contribution in [0.15, 0.2) is 12.2 Å². The highest BCUT2D eigenvalue weighted by molar-refractivity contribution is 5.22. The molecule has 0 amide bonds. The zero-order chi connectivity index (χ0) is 23.5. The molecule has 32 heavy (non-hydrogen) atoms. The molecule has 5 aliphatic carbocycles. The maximum absolute atomic E-state index is 12.0. The van der Waals surface area contributed by atoms with Crippen molar-refractivity contribution in [3.8, 4) is 0 Å². The summed E-state index contributed by atoms with van der Waals surface area (Å²) >= 11 is 0. The lowest BCUT2D eigenvalue weighted by atomic mass is 9.31. The minimum absolute atomic E-state index is 0.0629. The summed E-state index contributed by atoms with van der Waals surface area (Å²) in [7, 11) is 0. The monoisotopic (exact) mass is 442 g/mol. The third kappa shape index (κ3) is 2.66. The van der Waals surface area contributed by atoms with Crippen LogP contribution >= 0.6 is 0 Å².